The van der Waals surface area contributed by atoms with Crippen molar-refractivity contribution in [3.8, 4) is 74.4 Å². The molecule has 135 heavy (non-hydrogen) atoms. The van der Waals surface area contributed by atoms with E-state index in [0.717, 1.165) is 71.6 Å². The Morgan fingerprint density at radius 3 is 1.99 bits per heavy atom. The lowest BCUT2D eigenvalue weighted by Crippen LogP contribution is -2.66. The minimum atomic E-state index is -2.46. The van der Waals surface area contributed by atoms with Gasteiger partial charge in [0.05, 0.1) is 91.9 Å². The number of amides is 9. The number of aliphatic carboxylic acids is 1. The van der Waals surface area contributed by atoms with Crippen molar-refractivity contribution >= 4 is 82.5 Å². The third kappa shape index (κ3) is 22.0. The molecule has 48 heteroatoms. The number of nitro benzene ring substituents is 2. The van der Waals surface area contributed by atoms with E-state index >= 15 is 28.8 Å². The largest absolute Gasteiger partial charge is 0.508 e. The van der Waals surface area contributed by atoms with Crippen LogP contribution in [0, 0.1) is 32.1 Å². The second kappa shape index (κ2) is 41.7. The molecule has 2 aliphatic carbocycles. The Hall–Kier alpha value is -13.9. The lowest BCUT2D eigenvalue weighted by atomic mass is 9.85. The fourth-order valence-electron chi connectivity index (χ4n) is 16.6. The van der Waals surface area contributed by atoms with Gasteiger partial charge in [-0.15, -0.1) is 11.6 Å². The fraction of sp³-hybridized carbons (Fsp3) is 0.448. The highest BCUT2D eigenvalue weighted by atomic mass is 35.5. The number of nitrogens with one attached hydrogen (secondary N) is 7. The van der Waals surface area contributed by atoms with Gasteiger partial charge in [-0.3, -0.25) is 53.8 Å². The Bertz CT molecular complexity index is 5650. The van der Waals surface area contributed by atoms with E-state index in [9.17, 15) is 90.5 Å². The van der Waals surface area contributed by atoms with E-state index < -0.39 is 308 Å². The zero-order valence-corrected chi connectivity index (χ0v) is 74.6. The van der Waals surface area contributed by atoms with Crippen molar-refractivity contribution in [2.24, 2.45) is 17.6 Å². The molecule has 7 heterocycles. The molecule has 2 saturated heterocycles. The van der Waals surface area contributed by atoms with Crippen LogP contribution in [-0.4, -0.2) is 264 Å². The van der Waals surface area contributed by atoms with Gasteiger partial charge in [0.15, 0.2) is 52.9 Å². The average Bonchev–Trinajstić information content (AvgIpc) is 0.758. The van der Waals surface area contributed by atoms with Crippen LogP contribution in [0.5, 0.6) is 63.2 Å². The number of nitrogens with two attached hydrogens (primary N) is 1. The molecule has 9 amide bonds. The number of benzene rings is 5. The Kier molecular flexibility index (Phi) is 30.9. The number of aliphatic hydroxyl groups excluding tert-OH is 6. The maximum atomic E-state index is 16.4. The van der Waals surface area contributed by atoms with Crippen LogP contribution in [0.4, 0.5) is 21.0 Å². The molecule has 11 bridgehead atoms. The van der Waals surface area contributed by atoms with Gasteiger partial charge < -0.3 is 156 Å². The van der Waals surface area contributed by atoms with Crippen molar-refractivity contribution < 1.29 is 166 Å². The van der Waals surface area contributed by atoms with Gasteiger partial charge in [0.1, 0.15) is 102 Å². The number of carbonyl (C=O) groups is 10. The highest BCUT2D eigenvalue weighted by molar-refractivity contribution is 6.22. The number of carboxylic acid groups (broad SMARTS) is 1. The van der Waals surface area contributed by atoms with Crippen molar-refractivity contribution in [2.45, 2.75) is 188 Å². The summed E-state index contributed by atoms with van der Waals surface area (Å²) >= 11 is 7.30. The molecule has 9 aliphatic rings. The summed E-state index contributed by atoms with van der Waals surface area (Å²) < 4.78 is 71.5. The monoisotopic (exact) mass is 1910 g/mol. The van der Waals surface area contributed by atoms with Gasteiger partial charge in [0.2, 0.25) is 59.1 Å². The number of aliphatic hydroxyl groups is 6. The lowest BCUT2D eigenvalue weighted by Gasteiger charge is -2.48. The first-order valence-electron chi connectivity index (χ1n) is 41.9. The van der Waals surface area contributed by atoms with E-state index in [1.807, 2.05) is 0 Å². The Balaban J connectivity index is 1.01. The van der Waals surface area contributed by atoms with Gasteiger partial charge in [-0.25, -0.2) is 14.4 Å². The number of nitrogens with zero attached hydrogens (tertiary/aromatic N) is 3. The molecule has 19 N–H and O–H groups in total. The molecule has 47 nitrogen and oxygen atoms in total. The van der Waals surface area contributed by atoms with Gasteiger partial charge in [0.25, 0.3) is 5.69 Å². The van der Waals surface area contributed by atoms with Gasteiger partial charge in [-0.2, -0.15) is 0 Å². The summed E-state index contributed by atoms with van der Waals surface area (Å²) in [6.07, 6.45) is -21.4. The number of halogens is 1. The number of hydrogen-bond donors (Lipinski definition) is 18. The smallest absolute Gasteiger partial charge is 0.415 e. The number of primary amides is 1. The molecule has 726 valence electrons. The molecule has 0 aromatic heterocycles. The molecule has 7 aliphatic heterocycles. The molecule has 19 atom stereocenters. The molecule has 5 aromatic rings. The summed E-state index contributed by atoms with van der Waals surface area (Å²) in [5.41, 5.74) is -0.182. The predicted molar refractivity (Wildman–Crippen MR) is 461 cm³/mol. The summed E-state index contributed by atoms with van der Waals surface area (Å²) in [6.45, 7) is 5.14. The first-order chi connectivity index (χ1) is 63.9. The van der Waals surface area contributed by atoms with Crippen molar-refractivity contribution in [2.75, 3.05) is 48.6 Å². The third-order valence-corrected chi connectivity index (χ3v) is 23.9. The number of hydrogen-bond acceptors (Lipinski definition) is 35. The highest BCUT2D eigenvalue weighted by Crippen LogP contribution is 2.50. The predicted octanol–water partition coefficient (Wildman–Crippen LogP) is 2.42. The van der Waals surface area contributed by atoms with Crippen LogP contribution in [0.25, 0.3) is 11.1 Å². The molecule has 0 spiro atoms. The van der Waals surface area contributed by atoms with Gasteiger partial charge in [0, 0.05) is 55.3 Å². The number of fused-ring (bicyclic) bond motifs is 15. The van der Waals surface area contributed by atoms with Gasteiger partial charge >= 0.3 is 23.8 Å². The first-order valence-corrected chi connectivity index (χ1v) is 42.3. The number of alkyl halides is 1. The maximum absolute atomic E-state index is 16.4. The Morgan fingerprint density at radius 1 is 0.726 bits per heavy atom. The lowest BCUT2D eigenvalue weighted by molar-refractivity contribution is -0.386. The molecular weight excluding hydrogens is 1810 g/mol. The van der Waals surface area contributed by atoms with Crippen LogP contribution in [0.1, 0.15) is 114 Å². The molecule has 0 unspecified atom stereocenters. The fourth-order valence-corrected chi connectivity index (χ4v) is 16.9. The number of aromatic hydroxyl groups is 3. The molecular formula is C87H100ClN11O36. The number of phenolic OH excluding ortho intramolecular Hbond substituents is 3. The summed E-state index contributed by atoms with van der Waals surface area (Å²) in [7, 11) is 6.12. The zero-order valence-electron chi connectivity index (χ0n) is 73.8. The van der Waals surface area contributed by atoms with Crippen LogP contribution in [-0.2, 0) is 63.9 Å². The van der Waals surface area contributed by atoms with Crippen LogP contribution >= 0.6 is 11.6 Å². The van der Waals surface area contributed by atoms with Crippen molar-refractivity contribution in [1.29, 1.82) is 0 Å². The minimum absolute atomic E-state index is 0.0227. The number of carbonyl (C=O) groups excluding carboxylic acids is 9. The number of rotatable bonds is 24. The Labute approximate surface area is 771 Å². The normalized spacial score (nSPS) is 26.5. The quantitative estimate of drug-likeness (QED) is 0.0240. The molecule has 0 saturated carbocycles. The summed E-state index contributed by atoms with van der Waals surface area (Å²) in [6, 6.07) is -3.15. The second-order valence-electron chi connectivity index (χ2n) is 33.4. The molecule has 0 radical (unpaired) electrons. The van der Waals surface area contributed by atoms with E-state index in [4.69, 9.17) is 74.2 Å². The molecule has 5 aromatic carbocycles. The second-order valence-corrected chi connectivity index (χ2v) is 33.9. The minimum Gasteiger partial charge on any atom is -0.508 e. The number of nitro groups is 2. The van der Waals surface area contributed by atoms with E-state index in [0.29, 0.717) is 0 Å². The summed E-state index contributed by atoms with van der Waals surface area (Å²) in [4.78, 5) is 172. The summed E-state index contributed by atoms with van der Waals surface area (Å²) in [5, 5.41) is 158. The number of ether oxygens (including phenoxy) is 12. The third-order valence-electron chi connectivity index (χ3n) is 23.5. The maximum Gasteiger partial charge on any atom is 0.415 e. The molecule has 2 fully saturated rings. The van der Waals surface area contributed by atoms with Crippen molar-refractivity contribution in [1.82, 2.24) is 42.1 Å². The highest BCUT2D eigenvalue weighted by Gasteiger charge is 2.54. The van der Waals surface area contributed by atoms with Gasteiger partial charge in [-0.05, 0) is 116 Å². The first kappa shape index (κ1) is 100. The number of allylic oxidation sites excluding steroid dienone is 6. The average molecular weight is 1910 g/mol. The van der Waals surface area contributed by atoms with Crippen LogP contribution < -0.4 is 80.8 Å². The van der Waals surface area contributed by atoms with E-state index in [2.05, 4.69) is 37.2 Å². The SMILES string of the molecule is COc1cc(COC(=O)N[C@@]2(C)C[C@H](O[C@H]3[C@H](Oc4c5cc6cc4OC4=C(C)C=C(CC4)[C@@H](O)[C@@H](NC(=O)[C@@H](CC(C)C)CN(C)C(=O)Oc4cc(OC)c(OC)cc4[N+](=O)[O-])C(=O)N[C@@H](CC(N)=O)C(=O)N[C@H]6C(=O)N[C@H]4C(=O)N[C@H](C(=O)N[C@H](C(=O)O)c6cc(O)cc(O)c6-c6cc4ccc6O)[C@H](O)C4=CC=C(O5)[C@@H](Cl)C4)O[C@H](CO)[C@@H](O)[C@@H]3O)O[C@@H](C)[C@H]2O)c([N+](=O)[O-])cc1OC. The summed E-state index contributed by atoms with van der Waals surface area (Å²) in [5.74, 6) is -19.1. The standard InChI is InChI=1S/C87H100ClN11O36/c1-34(2)17-41(31-97(6)86(119)133-54-29-58(127-10)57(126-9)28-49(54)99(122)123)77(110)94-68-70(105)38-12-15-52(35(3)18-38)130-59-21-40-22-60(74(59)135-84-75(73(108)72(107)61(32-100)132-84)134-63-30-87(5,76(109)36(4)129-63)96-85(118)128-33-42-23-55(124-7)56(125-8)27-48(42)98(120)121)131-53-16-13-39(20-46(53)88)71(106)69-82(115)93-67(83(116)117)45-24-43(101)25-51(103)64(45)44-19-37(11-14-50(44)102)65(79(112)95-69)92-80(113)66(40)91-78(111)47(26-62(89)104)90-81(68)114/h11,13-14,16,18-19,21-25,27-29,34,36,41,46-47,61,63,65-73,75-76,84,100-103,105-109H,12,15,17,20,26,30-33H2,1-10H3,(H2,89,104)(H,90,114)(H,91,111)(H,92,113)(H,93,115)(H,94,110)(H,95,112)(H,96,118)(H,116,117)/t36-,41-,46-,47-,61+,63-,65+,66+,67-,68+,69-,70+,71+,72+,73-,75+,76+,84-,87-/m0/s1. The van der Waals surface area contributed by atoms with E-state index in [1.54, 1.807) is 13.8 Å². The van der Waals surface area contributed by atoms with E-state index in [-0.39, 0.29) is 76.1 Å². The van der Waals surface area contributed by atoms with Gasteiger partial charge in [-0.1, -0.05) is 32.1 Å². The zero-order chi connectivity index (χ0) is 98.5. The number of methoxy groups -OCH3 is 4. The number of phenols is 3. The molecule has 14 rings (SSSR count). The number of alkyl carbamates (subject to hydrolysis) is 1. The van der Waals surface area contributed by atoms with Crippen molar-refractivity contribution in [3.63, 3.8) is 0 Å². The van der Waals surface area contributed by atoms with E-state index in [1.165, 1.54) is 74.5 Å². The number of carboxylic acids is 1. The van der Waals surface area contributed by atoms with Crippen LogP contribution in [0.2, 0.25) is 0 Å². The van der Waals surface area contributed by atoms with Crippen LogP contribution in [0.15, 0.2) is 113 Å². The van der Waals surface area contributed by atoms with Crippen LogP contribution in [0.3, 0.4) is 0 Å². The Morgan fingerprint density at radius 2 is 1.36 bits per heavy atom. The topological polar surface area (TPSA) is 684 Å². The van der Waals surface area contributed by atoms with Crippen molar-refractivity contribution in [3.05, 3.63) is 156 Å².